The Hall–Kier alpha value is -2.06. The number of rotatable bonds is 1. The molecule has 1 aliphatic heterocycles. The van der Waals surface area contributed by atoms with Crippen LogP contribution < -0.4 is 0 Å². The molecular formula is C21H27N5O2S. The SMILES string of the molecule is Cc1nc2sc3c(c2c2nc(C(=O)N4CCOCC4)nn12)CCC(C(C)(C)C)C3. The normalized spacial score (nSPS) is 20.4. The van der Waals surface area contributed by atoms with E-state index in [9.17, 15) is 4.79 Å². The lowest BCUT2D eigenvalue weighted by molar-refractivity contribution is 0.0295. The van der Waals surface area contributed by atoms with Gasteiger partial charge < -0.3 is 9.64 Å². The van der Waals surface area contributed by atoms with Crippen LogP contribution in [0.15, 0.2) is 0 Å². The number of amides is 1. The molecule has 1 fully saturated rings. The minimum atomic E-state index is -0.124. The number of hydrogen-bond donors (Lipinski definition) is 0. The maximum Gasteiger partial charge on any atom is 0.293 e. The van der Waals surface area contributed by atoms with Crippen LogP contribution in [-0.2, 0) is 17.6 Å². The molecule has 5 rings (SSSR count). The third-order valence-electron chi connectivity index (χ3n) is 6.36. The van der Waals surface area contributed by atoms with E-state index in [4.69, 9.17) is 14.7 Å². The van der Waals surface area contributed by atoms with Crippen LogP contribution in [0, 0.1) is 18.3 Å². The van der Waals surface area contributed by atoms with Crippen molar-refractivity contribution in [2.24, 2.45) is 11.3 Å². The van der Waals surface area contributed by atoms with E-state index in [0.29, 0.717) is 37.6 Å². The van der Waals surface area contributed by atoms with Crippen LogP contribution in [0.4, 0.5) is 0 Å². The number of fused-ring (bicyclic) bond motifs is 5. The molecule has 3 aromatic rings. The highest BCUT2D eigenvalue weighted by molar-refractivity contribution is 7.19. The maximum absolute atomic E-state index is 12.9. The summed E-state index contributed by atoms with van der Waals surface area (Å²) in [7, 11) is 0. The van der Waals surface area contributed by atoms with E-state index >= 15 is 0 Å². The van der Waals surface area contributed by atoms with E-state index in [-0.39, 0.29) is 11.7 Å². The molecule has 0 N–H and O–H groups in total. The van der Waals surface area contributed by atoms with Crippen molar-refractivity contribution in [2.75, 3.05) is 26.3 Å². The minimum absolute atomic E-state index is 0.124. The van der Waals surface area contributed by atoms with Crippen molar-refractivity contribution in [1.29, 1.82) is 0 Å². The minimum Gasteiger partial charge on any atom is -0.378 e. The third-order valence-corrected chi connectivity index (χ3v) is 7.51. The number of carbonyl (C=O) groups excluding carboxylic acids is 1. The van der Waals surface area contributed by atoms with Crippen molar-refractivity contribution >= 4 is 33.1 Å². The van der Waals surface area contributed by atoms with Gasteiger partial charge in [-0.1, -0.05) is 20.8 Å². The van der Waals surface area contributed by atoms with Crippen LogP contribution in [0.25, 0.3) is 15.9 Å². The molecule has 0 spiro atoms. The number of carbonyl (C=O) groups is 1. The molecule has 7 nitrogen and oxygen atoms in total. The van der Waals surface area contributed by atoms with Gasteiger partial charge in [-0.25, -0.2) is 9.97 Å². The van der Waals surface area contributed by atoms with Crippen molar-refractivity contribution < 1.29 is 9.53 Å². The first-order valence-corrected chi connectivity index (χ1v) is 11.2. The van der Waals surface area contributed by atoms with Crippen LogP contribution in [0.3, 0.4) is 0 Å². The molecule has 0 radical (unpaired) electrons. The fourth-order valence-corrected chi connectivity index (χ4v) is 5.85. The zero-order valence-corrected chi connectivity index (χ0v) is 18.3. The van der Waals surface area contributed by atoms with Crippen LogP contribution in [0.5, 0.6) is 0 Å². The molecule has 1 aliphatic carbocycles. The van der Waals surface area contributed by atoms with Gasteiger partial charge in [-0.05, 0) is 43.1 Å². The van der Waals surface area contributed by atoms with Gasteiger partial charge in [-0.2, -0.15) is 4.52 Å². The average Bonchev–Trinajstić information content (AvgIpc) is 3.28. The molecule has 2 aliphatic rings. The van der Waals surface area contributed by atoms with E-state index in [1.54, 1.807) is 20.8 Å². The van der Waals surface area contributed by atoms with Gasteiger partial charge in [0.25, 0.3) is 5.91 Å². The Morgan fingerprint density at radius 3 is 2.69 bits per heavy atom. The Labute approximate surface area is 174 Å². The summed E-state index contributed by atoms with van der Waals surface area (Å²) in [4.78, 5) is 26.7. The lowest BCUT2D eigenvalue weighted by atomic mass is 9.72. The molecule has 3 aromatic heterocycles. The molecule has 154 valence electrons. The number of ether oxygens (including phenoxy) is 1. The Balaban J connectivity index is 1.60. The summed E-state index contributed by atoms with van der Waals surface area (Å²) in [6.07, 6.45) is 3.31. The first-order valence-electron chi connectivity index (χ1n) is 10.4. The van der Waals surface area contributed by atoms with E-state index in [2.05, 4.69) is 25.9 Å². The molecular weight excluding hydrogens is 386 g/mol. The third kappa shape index (κ3) is 3.13. The summed E-state index contributed by atoms with van der Waals surface area (Å²) in [5, 5.41) is 5.63. The van der Waals surface area contributed by atoms with Crippen molar-refractivity contribution in [2.45, 2.75) is 47.0 Å². The Kier molecular flexibility index (Phi) is 4.40. The van der Waals surface area contributed by atoms with Crippen LogP contribution in [0.2, 0.25) is 0 Å². The van der Waals surface area contributed by atoms with Crippen molar-refractivity contribution in [1.82, 2.24) is 24.5 Å². The van der Waals surface area contributed by atoms with Gasteiger partial charge >= 0.3 is 0 Å². The van der Waals surface area contributed by atoms with E-state index < -0.39 is 0 Å². The van der Waals surface area contributed by atoms with Gasteiger partial charge in [-0.3, -0.25) is 4.79 Å². The first kappa shape index (κ1) is 18.9. The summed E-state index contributed by atoms with van der Waals surface area (Å²) in [6, 6.07) is 0. The van der Waals surface area contributed by atoms with E-state index in [0.717, 1.165) is 34.5 Å². The second kappa shape index (κ2) is 6.74. The predicted molar refractivity (Wildman–Crippen MR) is 113 cm³/mol. The second-order valence-electron chi connectivity index (χ2n) is 9.22. The van der Waals surface area contributed by atoms with Gasteiger partial charge in [0.2, 0.25) is 5.82 Å². The second-order valence-corrected chi connectivity index (χ2v) is 10.3. The average molecular weight is 414 g/mol. The molecule has 0 saturated carbocycles. The van der Waals surface area contributed by atoms with Gasteiger partial charge in [0.1, 0.15) is 10.7 Å². The number of thiophene rings is 1. The first-order chi connectivity index (χ1) is 13.8. The quantitative estimate of drug-likeness (QED) is 0.612. The highest BCUT2D eigenvalue weighted by Crippen LogP contribution is 2.43. The van der Waals surface area contributed by atoms with Gasteiger partial charge in [0.15, 0.2) is 5.65 Å². The van der Waals surface area contributed by atoms with Gasteiger partial charge in [0.05, 0.1) is 18.6 Å². The van der Waals surface area contributed by atoms with Crippen molar-refractivity contribution in [3.63, 3.8) is 0 Å². The molecule has 1 amide bonds. The summed E-state index contributed by atoms with van der Waals surface area (Å²) in [5.41, 5.74) is 2.44. The van der Waals surface area contributed by atoms with Crippen LogP contribution in [0.1, 0.15) is 54.1 Å². The van der Waals surface area contributed by atoms with Crippen LogP contribution >= 0.6 is 11.3 Å². The van der Waals surface area contributed by atoms with Crippen molar-refractivity contribution in [3.05, 3.63) is 22.1 Å². The van der Waals surface area contributed by atoms with Gasteiger partial charge in [0, 0.05) is 18.0 Å². The van der Waals surface area contributed by atoms with Crippen LogP contribution in [-0.4, -0.2) is 56.7 Å². The monoisotopic (exact) mass is 413 g/mol. The number of hydrogen-bond acceptors (Lipinski definition) is 6. The summed E-state index contributed by atoms with van der Waals surface area (Å²) < 4.78 is 7.11. The summed E-state index contributed by atoms with van der Waals surface area (Å²) >= 11 is 1.79. The lowest BCUT2D eigenvalue weighted by Crippen LogP contribution is -2.41. The number of morpholine rings is 1. The largest absolute Gasteiger partial charge is 0.378 e. The molecule has 1 atom stereocenters. The number of aromatic nitrogens is 4. The molecule has 0 aromatic carbocycles. The topological polar surface area (TPSA) is 72.6 Å². The molecule has 1 unspecified atom stereocenters. The standard InChI is InChI=1S/C21H27N5O2S/c1-12-22-19-16(14-6-5-13(21(2,3)4)11-15(14)29-19)18-23-17(24-26(12)18)20(27)25-7-9-28-10-8-25/h13H,5-11H2,1-4H3. The van der Waals surface area contributed by atoms with E-state index in [1.807, 2.05) is 6.92 Å². The predicted octanol–water partition coefficient (Wildman–Crippen LogP) is 3.27. The fourth-order valence-electron chi connectivity index (χ4n) is 4.51. The maximum atomic E-state index is 12.9. The molecule has 4 heterocycles. The molecule has 8 heteroatoms. The number of aryl methyl sites for hydroxylation is 2. The highest BCUT2D eigenvalue weighted by Gasteiger charge is 2.32. The molecule has 29 heavy (non-hydrogen) atoms. The fraction of sp³-hybridized carbons (Fsp3) is 0.619. The Morgan fingerprint density at radius 1 is 1.21 bits per heavy atom. The highest BCUT2D eigenvalue weighted by atomic mass is 32.1. The summed E-state index contributed by atoms with van der Waals surface area (Å²) in [6.45, 7) is 11.2. The Morgan fingerprint density at radius 2 is 1.97 bits per heavy atom. The zero-order valence-electron chi connectivity index (χ0n) is 17.5. The zero-order chi connectivity index (χ0) is 20.3. The molecule has 1 saturated heterocycles. The molecule has 0 bridgehead atoms. The van der Waals surface area contributed by atoms with Gasteiger partial charge in [-0.15, -0.1) is 16.4 Å². The number of nitrogens with zero attached hydrogens (tertiary/aromatic N) is 5. The summed E-state index contributed by atoms with van der Waals surface area (Å²) in [5.74, 6) is 1.58. The van der Waals surface area contributed by atoms with E-state index in [1.165, 1.54) is 16.9 Å². The Bertz CT molecular complexity index is 1100. The van der Waals surface area contributed by atoms with Crippen molar-refractivity contribution in [3.8, 4) is 0 Å². The lowest BCUT2D eigenvalue weighted by Gasteiger charge is -2.33. The smallest absolute Gasteiger partial charge is 0.293 e.